The molecule has 0 aliphatic carbocycles. The van der Waals surface area contributed by atoms with Crippen molar-refractivity contribution in [2.45, 2.75) is 66.0 Å². The van der Waals surface area contributed by atoms with Gasteiger partial charge in [-0.05, 0) is 45.9 Å². The zero-order valence-electron chi connectivity index (χ0n) is 14.2. The fourth-order valence-corrected chi connectivity index (χ4v) is 2.80. The molecule has 0 heterocycles. The number of anilines is 1. The molecular weight excluding hydrogens is 263 g/mol. The first-order chi connectivity index (χ1) is 10.0. The van der Waals surface area contributed by atoms with E-state index in [-0.39, 0.29) is 11.9 Å². The Morgan fingerprint density at radius 2 is 1.86 bits per heavy atom. The largest absolute Gasteiger partial charge is 0.369 e. The minimum Gasteiger partial charge on any atom is -0.369 e. The van der Waals surface area contributed by atoms with Gasteiger partial charge in [0.05, 0.1) is 0 Å². The Bertz CT molecular complexity index is 418. The van der Waals surface area contributed by atoms with Gasteiger partial charge in [0.25, 0.3) is 0 Å². The van der Waals surface area contributed by atoms with E-state index in [9.17, 15) is 4.39 Å². The van der Waals surface area contributed by atoms with Gasteiger partial charge in [-0.15, -0.1) is 0 Å². The van der Waals surface area contributed by atoms with Crippen molar-refractivity contribution >= 4 is 5.69 Å². The van der Waals surface area contributed by atoms with E-state index in [0.717, 1.165) is 30.8 Å². The summed E-state index contributed by atoms with van der Waals surface area (Å²) < 4.78 is 14.4. The van der Waals surface area contributed by atoms with Crippen LogP contribution in [0.2, 0.25) is 0 Å². The number of benzene rings is 1. The highest BCUT2D eigenvalue weighted by atomic mass is 19.1. The molecule has 120 valence electrons. The smallest absolute Gasteiger partial charge is 0.130 e. The highest BCUT2D eigenvalue weighted by Gasteiger charge is 2.20. The average Bonchev–Trinajstić information content (AvgIpc) is 2.43. The van der Waals surface area contributed by atoms with E-state index in [1.807, 2.05) is 13.0 Å². The summed E-state index contributed by atoms with van der Waals surface area (Å²) in [6.07, 6.45) is 3.58. The van der Waals surface area contributed by atoms with Crippen LogP contribution in [0.5, 0.6) is 0 Å². The van der Waals surface area contributed by atoms with Gasteiger partial charge in [-0.25, -0.2) is 4.39 Å². The number of hydrogen-bond donors (Lipinski definition) is 1. The van der Waals surface area contributed by atoms with Crippen molar-refractivity contribution in [2.75, 3.05) is 18.0 Å². The molecule has 1 N–H and O–H groups in total. The van der Waals surface area contributed by atoms with E-state index in [1.54, 1.807) is 6.07 Å². The highest BCUT2D eigenvalue weighted by Crippen LogP contribution is 2.30. The first-order valence-corrected chi connectivity index (χ1v) is 8.31. The zero-order chi connectivity index (χ0) is 15.8. The second-order valence-electron chi connectivity index (χ2n) is 5.95. The van der Waals surface area contributed by atoms with Gasteiger partial charge in [0.1, 0.15) is 5.82 Å². The Kier molecular flexibility index (Phi) is 7.73. The Labute approximate surface area is 129 Å². The number of rotatable bonds is 9. The molecule has 2 nitrogen and oxygen atoms in total. The zero-order valence-corrected chi connectivity index (χ0v) is 14.2. The first kappa shape index (κ1) is 18.0. The molecule has 1 unspecified atom stereocenters. The molecule has 1 aromatic rings. The third-order valence-electron chi connectivity index (χ3n) is 3.91. The van der Waals surface area contributed by atoms with E-state index >= 15 is 0 Å². The lowest BCUT2D eigenvalue weighted by atomic mass is 10.0. The van der Waals surface area contributed by atoms with Crippen molar-refractivity contribution in [3.8, 4) is 0 Å². The fraction of sp³-hybridized carbons (Fsp3) is 0.667. The van der Waals surface area contributed by atoms with E-state index in [1.165, 1.54) is 12.8 Å². The molecule has 0 aromatic heterocycles. The number of halogens is 1. The Morgan fingerprint density at radius 1 is 1.14 bits per heavy atom. The summed E-state index contributed by atoms with van der Waals surface area (Å²) in [5, 5.41) is 3.34. The van der Waals surface area contributed by atoms with Crippen LogP contribution in [0.25, 0.3) is 0 Å². The molecule has 0 bridgehead atoms. The lowest BCUT2D eigenvalue weighted by Gasteiger charge is -2.32. The second-order valence-corrected chi connectivity index (χ2v) is 5.95. The van der Waals surface area contributed by atoms with Gasteiger partial charge in [-0.3, -0.25) is 0 Å². The number of nitrogens with zero attached hydrogens (tertiary/aromatic N) is 1. The van der Waals surface area contributed by atoms with Crippen molar-refractivity contribution in [2.24, 2.45) is 0 Å². The maximum absolute atomic E-state index is 14.4. The predicted octanol–water partition coefficient (Wildman–Crippen LogP) is 4.90. The van der Waals surface area contributed by atoms with Gasteiger partial charge in [0.15, 0.2) is 0 Å². The normalized spacial score (nSPS) is 12.7. The molecular formula is C18H31FN2. The van der Waals surface area contributed by atoms with Crippen LogP contribution in [0.1, 0.15) is 65.5 Å². The summed E-state index contributed by atoms with van der Waals surface area (Å²) in [4.78, 5) is 2.34. The number of unbranched alkanes of at least 4 members (excludes halogenated alkanes) is 2. The van der Waals surface area contributed by atoms with E-state index in [0.29, 0.717) is 6.04 Å². The summed E-state index contributed by atoms with van der Waals surface area (Å²) in [5.41, 5.74) is 1.83. The highest BCUT2D eigenvalue weighted by molar-refractivity contribution is 5.56. The van der Waals surface area contributed by atoms with E-state index < -0.39 is 0 Å². The van der Waals surface area contributed by atoms with Crippen LogP contribution in [0.3, 0.4) is 0 Å². The third-order valence-corrected chi connectivity index (χ3v) is 3.91. The van der Waals surface area contributed by atoms with Crippen LogP contribution in [-0.2, 0) is 0 Å². The molecule has 1 rings (SSSR count). The monoisotopic (exact) mass is 294 g/mol. The van der Waals surface area contributed by atoms with Gasteiger partial charge in [0.2, 0.25) is 0 Å². The maximum Gasteiger partial charge on any atom is 0.130 e. The van der Waals surface area contributed by atoms with Crippen LogP contribution < -0.4 is 10.2 Å². The van der Waals surface area contributed by atoms with Gasteiger partial charge in [0, 0.05) is 29.9 Å². The number of nitrogens with one attached hydrogen (secondary N) is 1. The SMILES string of the molecule is CCCCCN(c1cccc(F)c1C(C)NCC)C(C)C. The van der Waals surface area contributed by atoms with Crippen LogP contribution in [0.15, 0.2) is 18.2 Å². The molecule has 21 heavy (non-hydrogen) atoms. The van der Waals surface area contributed by atoms with Crippen molar-refractivity contribution < 1.29 is 4.39 Å². The molecule has 0 aliphatic rings. The molecule has 0 aliphatic heterocycles. The molecule has 0 fully saturated rings. The standard InChI is InChI=1S/C18H31FN2/c1-6-8-9-13-21(14(3)4)17-12-10-11-16(19)18(17)15(5)20-7-2/h10-12,14-15,20H,6-9,13H2,1-5H3. The summed E-state index contributed by atoms with van der Waals surface area (Å²) in [5.74, 6) is -0.109. The van der Waals surface area contributed by atoms with Crippen LogP contribution in [0, 0.1) is 5.82 Å². The van der Waals surface area contributed by atoms with Crippen molar-refractivity contribution in [1.29, 1.82) is 0 Å². The summed E-state index contributed by atoms with van der Waals surface area (Å²) >= 11 is 0. The van der Waals surface area contributed by atoms with Gasteiger partial charge in [-0.2, -0.15) is 0 Å². The second kappa shape index (κ2) is 9.04. The molecule has 1 atom stereocenters. The van der Waals surface area contributed by atoms with Gasteiger partial charge < -0.3 is 10.2 Å². The van der Waals surface area contributed by atoms with Crippen molar-refractivity contribution in [3.05, 3.63) is 29.6 Å². The molecule has 0 radical (unpaired) electrons. The first-order valence-electron chi connectivity index (χ1n) is 8.31. The maximum atomic E-state index is 14.4. The van der Waals surface area contributed by atoms with Crippen LogP contribution in [-0.4, -0.2) is 19.1 Å². The molecule has 0 saturated carbocycles. The minimum atomic E-state index is -0.109. The van der Waals surface area contributed by atoms with Gasteiger partial charge >= 0.3 is 0 Å². The Hall–Kier alpha value is -1.09. The van der Waals surface area contributed by atoms with E-state index in [4.69, 9.17) is 0 Å². The molecule has 1 aromatic carbocycles. The van der Waals surface area contributed by atoms with Crippen LogP contribution >= 0.6 is 0 Å². The molecule has 0 spiro atoms. The quantitative estimate of drug-likeness (QED) is 0.652. The topological polar surface area (TPSA) is 15.3 Å². The Balaban J connectivity index is 3.09. The van der Waals surface area contributed by atoms with Crippen LogP contribution in [0.4, 0.5) is 10.1 Å². The predicted molar refractivity (Wildman–Crippen MR) is 90.5 cm³/mol. The molecule has 3 heteroatoms. The summed E-state index contributed by atoms with van der Waals surface area (Å²) in [6, 6.07) is 5.84. The molecule has 0 saturated heterocycles. The fourth-order valence-electron chi connectivity index (χ4n) is 2.80. The number of hydrogen-bond acceptors (Lipinski definition) is 2. The van der Waals surface area contributed by atoms with E-state index in [2.05, 4.69) is 44.0 Å². The summed E-state index contributed by atoms with van der Waals surface area (Å²) in [6.45, 7) is 12.5. The lowest BCUT2D eigenvalue weighted by Crippen LogP contribution is -2.34. The van der Waals surface area contributed by atoms with Gasteiger partial charge in [-0.1, -0.05) is 32.8 Å². The minimum absolute atomic E-state index is 0.0265. The lowest BCUT2D eigenvalue weighted by molar-refractivity contribution is 0.534. The van der Waals surface area contributed by atoms with Crippen molar-refractivity contribution in [3.63, 3.8) is 0 Å². The Morgan fingerprint density at radius 3 is 2.43 bits per heavy atom. The third kappa shape index (κ3) is 4.99. The summed E-state index contributed by atoms with van der Waals surface area (Å²) in [7, 11) is 0. The molecule has 0 amide bonds. The average molecular weight is 294 g/mol. The van der Waals surface area contributed by atoms with Crippen molar-refractivity contribution in [1.82, 2.24) is 5.32 Å².